The highest BCUT2D eigenvalue weighted by Gasteiger charge is 2.18. The Bertz CT molecular complexity index is 502. The van der Waals surface area contributed by atoms with E-state index >= 15 is 0 Å². The van der Waals surface area contributed by atoms with Crippen LogP contribution in [0.15, 0.2) is 11.8 Å². The number of thiazole rings is 1. The molecule has 5 nitrogen and oxygen atoms in total. The molecule has 0 bridgehead atoms. The van der Waals surface area contributed by atoms with Gasteiger partial charge in [0, 0.05) is 17.3 Å². The molecule has 0 radical (unpaired) electrons. The second-order valence-electron chi connectivity index (χ2n) is 4.56. The van der Waals surface area contributed by atoms with Gasteiger partial charge in [-0.1, -0.05) is 0 Å². The van der Waals surface area contributed by atoms with Gasteiger partial charge in [-0.25, -0.2) is 14.6 Å². The largest absolute Gasteiger partial charge is 0.312 e. The Labute approximate surface area is 111 Å². The minimum absolute atomic E-state index is 0.249. The quantitative estimate of drug-likeness (QED) is 0.899. The summed E-state index contributed by atoms with van der Waals surface area (Å²) >= 11 is 1.69. The van der Waals surface area contributed by atoms with Crippen molar-refractivity contribution in [2.24, 2.45) is 0 Å². The van der Waals surface area contributed by atoms with Crippen molar-refractivity contribution in [3.8, 4) is 0 Å². The van der Waals surface area contributed by atoms with Crippen LogP contribution >= 0.6 is 11.3 Å². The van der Waals surface area contributed by atoms with Gasteiger partial charge in [0.1, 0.15) is 12.2 Å². The van der Waals surface area contributed by atoms with Crippen LogP contribution in [0.1, 0.15) is 42.3 Å². The molecule has 0 aliphatic carbocycles. The van der Waals surface area contributed by atoms with Gasteiger partial charge in [0.05, 0.1) is 17.2 Å². The molecule has 0 amide bonds. The van der Waals surface area contributed by atoms with Gasteiger partial charge in [0.15, 0.2) is 0 Å². The van der Waals surface area contributed by atoms with Crippen LogP contribution in [0.4, 0.5) is 0 Å². The lowest BCUT2D eigenvalue weighted by molar-refractivity contribution is 0.479. The smallest absolute Gasteiger partial charge is 0.138 e. The second kappa shape index (κ2) is 5.58. The first-order chi connectivity index (χ1) is 8.63. The number of aromatic nitrogens is 4. The maximum Gasteiger partial charge on any atom is 0.138 e. The van der Waals surface area contributed by atoms with Crippen LogP contribution in [-0.4, -0.2) is 26.8 Å². The molecule has 0 aromatic carbocycles. The van der Waals surface area contributed by atoms with Crippen LogP contribution in [0, 0.1) is 6.92 Å². The molecular formula is C12H19N5S. The van der Waals surface area contributed by atoms with Gasteiger partial charge in [0.25, 0.3) is 0 Å². The summed E-state index contributed by atoms with van der Waals surface area (Å²) < 4.78 is 1.97. The first-order valence-electron chi connectivity index (χ1n) is 6.09. The average Bonchev–Trinajstić information content (AvgIpc) is 2.94. The van der Waals surface area contributed by atoms with Crippen molar-refractivity contribution in [3.63, 3.8) is 0 Å². The Morgan fingerprint density at radius 3 is 2.72 bits per heavy atom. The molecule has 0 aliphatic heterocycles. The normalized spacial score (nSPS) is 13.2. The minimum atomic E-state index is 0.249. The molecule has 1 N–H and O–H groups in total. The molecule has 2 heterocycles. The Morgan fingerprint density at radius 1 is 1.39 bits per heavy atom. The van der Waals surface area contributed by atoms with E-state index in [2.05, 4.69) is 34.2 Å². The van der Waals surface area contributed by atoms with E-state index in [1.807, 2.05) is 24.2 Å². The summed E-state index contributed by atoms with van der Waals surface area (Å²) in [5, 5.41) is 7.61. The molecule has 2 aromatic rings. The summed E-state index contributed by atoms with van der Waals surface area (Å²) in [5.74, 6) is 1.01. The number of hydrogen-bond acceptors (Lipinski definition) is 5. The van der Waals surface area contributed by atoms with Crippen molar-refractivity contribution in [1.82, 2.24) is 25.1 Å². The monoisotopic (exact) mass is 265 g/mol. The SMILES string of the molecule is CNC(Cc1ncnn1C(C)C)c1scnc1C. The molecular weight excluding hydrogens is 246 g/mol. The van der Waals surface area contributed by atoms with Crippen LogP contribution < -0.4 is 5.32 Å². The third-order valence-corrected chi connectivity index (χ3v) is 4.02. The maximum absolute atomic E-state index is 4.36. The van der Waals surface area contributed by atoms with Gasteiger partial charge in [-0.2, -0.15) is 5.10 Å². The lowest BCUT2D eigenvalue weighted by Gasteiger charge is -2.16. The number of rotatable bonds is 5. The number of hydrogen-bond donors (Lipinski definition) is 1. The minimum Gasteiger partial charge on any atom is -0.312 e. The Kier molecular flexibility index (Phi) is 4.08. The molecule has 2 rings (SSSR count). The molecule has 18 heavy (non-hydrogen) atoms. The van der Waals surface area contributed by atoms with Gasteiger partial charge in [-0.3, -0.25) is 0 Å². The predicted molar refractivity (Wildman–Crippen MR) is 72.8 cm³/mol. The van der Waals surface area contributed by atoms with Crippen molar-refractivity contribution in [2.75, 3.05) is 7.05 Å². The topological polar surface area (TPSA) is 55.6 Å². The summed E-state index contributed by atoms with van der Waals surface area (Å²) in [5.41, 5.74) is 2.98. The van der Waals surface area contributed by atoms with Gasteiger partial charge in [0.2, 0.25) is 0 Å². The standard InChI is InChI=1S/C12H19N5S/c1-8(2)17-11(14-6-16-17)5-10(13-4)12-9(3)15-7-18-12/h6-8,10,13H,5H2,1-4H3. The van der Waals surface area contributed by atoms with Crippen molar-refractivity contribution in [3.05, 3.63) is 28.2 Å². The molecule has 0 saturated heterocycles. The maximum atomic E-state index is 4.36. The molecule has 0 aliphatic rings. The molecule has 0 saturated carbocycles. The van der Waals surface area contributed by atoms with Crippen LogP contribution in [0.5, 0.6) is 0 Å². The number of nitrogens with zero attached hydrogens (tertiary/aromatic N) is 4. The highest BCUT2D eigenvalue weighted by atomic mass is 32.1. The molecule has 1 atom stereocenters. The fourth-order valence-electron chi connectivity index (χ4n) is 2.01. The molecule has 0 fully saturated rings. The Balaban J connectivity index is 2.21. The first-order valence-corrected chi connectivity index (χ1v) is 6.97. The van der Waals surface area contributed by atoms with Crippen molar-refractivity contribution >= 4 is 11.3 Å². The second-order valence-corrected chi connectivity index (χ2v) is 5.45. The zero-order chi connectivity index (χ0) is 13.1. The van der Waals surface area contributed by atoms with Gasteiger partial charge >= 0.3 is 0 Å². The summed E-state index contributed by atoms with van der Waals surface area (Å²) in [6.07, 6.45) is 2.46. The lowest BCUT2D eigenvalue weighted by atomic mass is 10.1. The van der Waals surface area contributed by atoms with Crippen LogP contribution in [0.3, 0.4) is 0 Å². The predicted octanol–water partition coefficient (Wildman–Crippen LogP) is 2.13. The Hall–Kier alpha value is -1.27. The van der Waals surface area contributed by atoms with E-state index < -0.39 is 0 Å². The summed E-state index contributed by atoms with van der Waals surface area (Å²) in [7, 11) is 1.97. The van der Waals surface area contributed by atoms with E-state index in [9.17, 15) is 0 Å². The number of aryl methyl sites for hydroxylation is 1. The van der Waals surface area contributed by atoms with E-state index in [0.29, 0.717) is 6.04 Å². The third-order valence-electron chi connectivity index (χ3n) is 2.97. The first kappa shape index (κ1) is 13.2. The molecule has 98 valence electrons. The number of nitrogens with one attached hydrogen (secondary N) is 1. The lowest BCUT2D eigenvalue weighted by Crippen LogP contribution is -2.21. The fraction of sp³-hybridized carbons (Fsp3) is 0.583. The molecule has 2 aromatic heterocycles. The van der Waals surface area contributed by atoms with Crippen LogP contribution in [0.2, 0.25) is 0 Å². The van der Waals surface area contributed by atoms with Crippen LogP contribution in [0.25, 0.3) is 0 Å². The van der Waals surface area contributed by atoms with E-state index in [0.717, 1.165) is 17.9 Å². The zero-order valence-corrected chi connectivity index (χ0v) is 12.0. The van der Waals surface area contributed by atoms with E-state index in [4.69, 9.17) is 0 Å². The fourth-order valence-corrected chi connectivity index (χ4v) is 2.92. The third kappa shape index (κ3) is 2.59. The summed E-state index contributed by atoms with van der Waals surface area (Å²) in [4.78, 5) is 9.94. The summed E-state index contributed by atoms with van der Waals surface area (Å²) in [6.45, 7) is 6.28. The highest BCUT2D eigenvalue weighted by Crippen LogP contribution is 2.24. The zero-order valence-electron chi connectivity index (χ0n) is 11.2. The molecule has 6 heteroatoms. The molecule has 1 unspecified atom stereocenters. The van der Waals surface area contributed by atoms with Gasteiger partial charge in [-0.15, -0.1) is 11.3 Å². The van der Waals surface area contributed by atoms with E-state index in [1.54, 1.807) is 17.7 Å². The van der Waals surface area contributed by atoms with E-state index in [1.165, 1.54) is 4.88 Å². The van der Waals surface area contributed by atoms with Gasteiger partial charge in [-0.05, 0) is 27.8 Å². The van der Waals surface area contributed by atoms with E-state index in [-0.39, 0.29) is 6.04 Å². The Morgan fingerprint density at radius 2 is 2.17 bits per heavy atom. The summed E-state index contributed by atoms with van der Waals surface area (Å²) in [6, 6.07) is 0.585. The molecule has 0 spiro atoms. The van der Waals surface area contributed by atoms with Crippen molar-refractivity contribution < 1.29 is 0 Å². The van der Waals surface area contributed by atoms with Crippen molar-refractivity contribution in [1.29, 1.82) is 0 Å². The van der Waals surface area contributed by atoms with Crippen LogP contribution in [-0.2, 0) is 6.42 Å². The number of likely N-dealkylation sites (N-methyl/N-ethyl adjacent to an activating group) is 1. The van der Waals surface area contributed by atoms with Crippen molar-refractivity contribution in [2.45, 2.75) is 39.3 Å². The van der Waals surface area contributed by atoms with Gasteiger partial charge < -0.3 is 5.32 Å². The highest BCUT2D eigenvalue weighted by molar-refractivity contribution is 7.09. The average molecular weight is 265 g/mol.